The van der Waals surface area contributed by atoms with Crippen LogP contribution in [0.25, 0.3) is 0 Å². The molecular formula is C15H20BrNO2. The molecule has 0 atom stereocenters. The first-order valence-corrected chi connectivity index (χ1v) is 7.64. The predicted molar refractivity (Wildman–Crippen MR) is 80.3 cm³/mol. The maximum Gasteiger partial charge on any atom is 0.306 e. The molecule has 0 bridgehead atoms. The average Bonchev–Trinajstić information content (AvgIpc) is 2.41. The lowest BCUT2D eigenvalue weighted by atomic mass is 9.93. The topological polar surface area (TPSA) is 29.5 Å². The van der Waals surface area contributed by atoms with Crippen LogP contribution in [0.3, 0.4) is 0 Å². The number of ether oxygens (including phenoxy) is 1. The standard InChI is InChI=1S/C15H20BrNO2/c1-2-19-15(18)11-12-7-9-17(10-8-12)14-5-3-13(16)4-6-14/h3-6,12H,2,7-11H2,1H3. The first-order chi connectivity index (χ1) is 9.19. The fourth-order valence-electron chi connectivity index (χ4n) is 2.50. The van der Waals surface area contributed by atoms with Crippen LogP contribution in [0.2, 0.25) is 0 Å². The third kappa shape index (κ3) is 4.23. The van der Waals surface area contributed by atoms with Crippen molar-refractivity contribution >= 4 is 27.6 Å². The summed E-state index contributed by atoms with van der Waals surface area (Å²) < 4.78 is 6.12. The Morgan fingerprint density at radius 1 is 1.32 bits per heavy atom. The number of anilines is 1. The summed E-state index contributed by atoms with van der Waals surface area (Å²) in [4.78, 5) is 13.8. The van der Waals surface area contributed by atoms with Crippen molar-refractivity contribution in [3.8, 4) is 0 Å². The third-order valence-electron chi connectivity index (χ3n) is 3.57. The van der Waals surface area contributed by atoms with Gasteiger partial charge in [0, 0.05) is 29.7 Å². The Morgan fingerprint density at radius 2 is 1.95 bits per heavy atom. The molecular weight excluding hydrogens is 306 g/mol. The van der Waals surface area contributed by atoms with Crippen LogP contribution < -0.4 is 4.90 Å². The summed E-state index contributed by atoms with van der Waals surface area (Å²) in [7, 11) is 0. The Balaban J connectivity index is 1.82. The lowest BCUT2D eigenvalue weighted by Gasteiger charge is -2.33. The quantitative estimate of drug-likeness (QED) is 0.792. The van der Waals surface area contributed by atoms with E-state index in [-0.39, 0.29) is 5.97 Å². The molecule has 0 saturated carbocycles. The Kier molecular flexibility index (Phi) is 5.25. The molecule has 4 heteroatoms. The zero-order chi connectivity index (χ0) is 13.7. The number of esters is 1. The Bertz CT molecular complexity index is 411. The summed E-state index contributed by atoms with van der Waals surface area (Å²) in [5, 5.41) is 0. The molecule has 19 heavy (non-hydrogen) atoms. The molecule has 1 fully saturated rings. The summed E-state index contributed by atoms with van der Waals surface area (Å²) in [5.41, 5.74) is 1.26. The molecule has 0 unspecified atom stereocenters. The number of rotatable bonds is 4. The zero-order valence-electron chi connectivity index (χ0n) is 11.3. The predicted octanol–water partition coefficient (Wildman–Crippen LogP) is 3.62. The largest absolute Gasteiger partial charge is 0.466 e. The van der Waals surface area contributed by atoms with Gasteiger partial charge in [0.15, 0.2) is 0 Å². The van der Waals surface area contributed by atoms with Crippen molar-refractivity contribution in [2.24, 2.45) is 5.92 Å². The van der Waals surface area contributed by atoms with Gasteiger partial charge in [0.2, 0.25) is 0 Å². The van der Waals surface area contributed by atoms with Crippen LogP contribution >= 0.6 is 15.9 Å². The fourth-order valence-corrected chi connectivity index (χ4v) is 2.77. The third-order valence-corrected chi connectivity index (χ3v) is 4.10. The van der Waals surface area contributed by atoms with Gasteiger partial charge in [0.05, 0.1) is 6.61 Å². The number of benzene rings is 1. The van der Waals surface area contributed by atoms with Crippen molar-refractivity contribution < 1.29 is 9.53 Å². The summed E-state index contributed by atoms with van der Waals surface area (Å²) >= 11 is 3.45. The van der Waals surface area contributed by atoms with Gasteiger partial charge in [-0.25, -0.2) is 0 Å². The highest BCUT2D eigenvalue weighted by molar-refractivity contribution is 9.10. The van der Waals surface area contributed by atoms with Gasteiger partial charge in [-0.3, -0.25) is 4.79 Å². The van der Waals surface area contributed by atoms with Gasteiger partial charge in [-0.15, -0.1) is 0 Å². The summed E-state index contributed by atoms with van der Waals surface area (Å²) in [6.07, 6.45) is 2.70. The molecule has 1 aromatic carbocycles. The smallest absolute Gasteiger partial charge is 0.306 e. The van der Waals surface area contributed by atoms with Crippen LogP contribution in [0, 0.1) is 5.92 Å². The number of carbonyl (C=O) groups is 1. The molecule has 1 aliphatic rings. The van der Waals surface area contributed by atoms with Gasteiger partial charge in [-0.2, -0.15) is 0 Å². The van der Waals surface area contributed by atoms with Crippen LogP contribution in [-0.4, -0.2) is 25.7 Å². The second kappa shape index (κ2) is 6.94. The van der Waals surface area contributed by atoms with Crippen molar-refractivity contribution in [1.29, 1.82) is 0 Å². The average molecular weight is 326 g/mol. The Hall–Kier alpha value is -1.03. The molecule has 0 aromatic heterocycles. The van der Waals surface area contributed by atoms with E-state index in [0.717, 1.165) is 30.4 Å². The number of piperidine rings is 1. The van der Waals surface area contributed by atoms with Gasteiger partial charge < -0.3 is 9.64 Å². The summed E-state index contributed by atoms with van der Waals surface area (Å²) in [6.45, 7) is 4.38. The normalized spacial score (nSPS) is 16.4. The minimum absolute atomic E-state index is 0.0513. The SMILES string of the molecule is CCOC(=O)CC1CCN(c2ccc(Br)cc2)CC1. The van der Waals surface area contributed by atoms with Crippen molar-refractivity contribution in [3.05, 3.63) is 28.7 Å². The van der Waals surface area contributed by atoms with E-state index in [4.69, 9.17) is 4.74 Å². The van der Waals surface area contributed by atoms with E-state index in [2.05, 4.69) is 45.1 Å². The minimum Gasteiger partial charge on any atom is -0.466 e. The van der Waals surface area contributed by atoms with E-state index < -0.39 is 0 Å². The zero-order valence-corrected chi connectivity index (χ0v) is 12.9. The molecule has 0 aliphatic carbocycles. The molecule has 1 aliphatic heterocycles. The van der Waals surface area contributed by atoms with E-state index in [9.17, 15) is 4.79 Å². The number of halogens is 1. The van der Waals surface area contributed by atoms with Crippen LogP contribution in [0.5, 0.6) is 0 Å². The highest BCUT2D eigenvalue weighted by Crippen LogP contribution is 2.26. The van der Waals surface area contributed by atoms with Crippen LogP contribution in [0.15, 0.2) is 28.7 Å². The lowest BCUT2D eigenvalue weighted by molar-refractivity contribution is -0.144. The number of hydrogen-bond acceptors (Lipinski definition) is 3. The second-order valence-electron chi connectivity index (χ2n) is 4.92. The second-order valence-corrected chi connectivity index (χ2v) is 5.83. The minimum atomic E-state index is -0.0513. The Morgan fingerprint density at radius 3 is 2.53 bits per heavy atom. The van der Waals surface area contributed by atoms with Gasteiger partial charge >= 0.3 is 5.97 Å². The van der Waals surface area contributed by atoms with Crippen molar-refractivity contribution in [2.75, 3.05) is 24.6 Å². The molecule has 1 aromatic rings. The maximum atomic E-state index is 11.5. The first-order valence-electron chi connectivity index (χ1n) is 6.85. The number of nitrogens with zero attached hydrogens (tertiary/aromatic N) is 1. The molecule has 0 amide bonds. The van der Waals surface area contributed by atoms with Crippen molar-refractivity contribution in [1.82, 2.24) is 0 Å². The number of hydrogen-bond donors (Lipinski definition) is 0. The van der Waals surface area contributed by atoms with Crippen molar-refractivity contribution in [2.45, 2.75) is 26.2 Å². The number of carbonyl (C=O) groups excluding carboxylic acids is 1. The van der Waals surface area contributed by atoms with Crippen LogP contribution in [0.1, 0.15) is 26.2 Å². The van der Waals surface area contributed by atoms with Gasteiger partial charge in [-0.05, 0) is 49.9 Å². The fraction of sp³-hybridized carbons (Fsp3) is 0.533. The Labute approximate surface area is 123 Å². The maximum absolute atomic E-state index is 11.5. The monoisotopic (exact) mass is 325 g/mol. The lowest BCUT2D eigenvalue weighted by Crippen LogP contribution is -2.34. The highest BCUT2D eigenvalue weighted by atomic mass is 79.9. The molecule has 104 valence electrons. The van der Waals surface area contributed by atoms with Gasteiger partial charge in [0.1, 0.15) is 0 Å². The summed E-state index contributed by atoms with van der Waals surface area (Å²) in [5.74, 6) is 0.426. The molecule has 0 spiro atoms. The molecule has 3 nitrogen and oxygen atoms in total. The highest BCUT2D eigenvalue weighted by Gasteiger charge is 2.22. The van der Waals surface area contributed by atoms with E-state index >= 15 is 0 Å². The van der Waals surface area contributed by atoms with E-state index in [1.807, 2.05) is 6.92 Å². The van der Waals surface area contributed by atoms with Gasteiger partial charge in [-0.1, -0.05) is 15.9 Å². The van der Waals surface area contributed by atoms with Crippen molar-refractivity contribution in [3.63, 3.8) is 0 Å². The van der Waals surface area contributed by atoms with Gasteiger partial charge in [0.25, 0.3) is 0 Å². The summed E-state index contributed by atoms with van der Waals surface area (Å²) in [6, 6.07) is 8.41. The molecule has 0 radical (unpaired) electrons. The molecule has 2 rings (SSSR count). The molecule has 1 saturated heterocycles. The van der Waals surface area contributed by atoms with Crippen LogP contribution in [0.4, 0.5) is 5.69 Å². The molecule has 0 N–H and O–H groups in total. The first kappa shape index (κ1) is 14.4. The molecule has 1 heterocycles. The van der Waals surface area contributed by atoms with Crippen LogP contribution in [-0.2, 0) is 9.53 Å². The van der Waals surface area contributed by atoms with E-state index in [0.29, 0.717) is 18.9 Å². The van der Waals surface area contributed by atoms with E-state index in [1.54, 1.807) is 0 Å². The van der Waals surface area contributed by atoms with E-state index in [1.165, 1.54) is 5.69 Å².